The van der Waals surface area contributed by atoms with Gasteiger partial charge in [0.2, 0.25) is 0 Å². The lowest BCUT2D eigenvalue weighted by atomic mass is 9.80. The van der Waals surface area contributed by atoms with Crippen molar-refractivity contribution in [2.45, 2.75) is 19.3 Å². The first-order valence-corrected chi connectivity index (χ1v) is 6.09. The normalized spacial score (nSPS) is 23.4. The van der Waals surface area contributed by atoms with Crippen LogP contribution in [0.15, 0.2) is 42.5 Å². The average molecular weight is 230 g/mol. The van der Waals surface area contributed by atoms with E-state index in [-0.39, 0.29) is 17.8 Å². The van der Waals surface area contributed by atoms with E-state index in [4.69, 9.17) is 4.74 Å². The van der Waals surface area contributed by atoms with Crippen molar-refractivity contribution < 1.29 is 9.53 Å². The van der Waals surface area contributed by atoms with Crippen LogP contribution in [0.4, 0.5) is 0 Å². The lowest BCUT2D eigenvalue weighted by Gasteiger charge is -2.25. The third kappa shape index (κ3) is 2.96. The van der Waals surface area contributed by atoms with E-state index in [0.717, 1.165) is 19.3 Å². The molecule has 2 rings (SSSR count). The third-order valence-electron chi connectivity index (χ3n) is 3.36. The summed E-state index contributed by atoms with van der Waals surface area (Å²) in [7, 11) is 1.47. The Hall–Kier alpha value is -1.57. The molecular formula is C15H18O2. The summed E-state index contributed by atoms with van der Waals surface area (Å²) in [5.41, 5.74) is 1.28. The molecule has 0 fully saturated rings. The van der Waals surface area contributed by atoms with Crippen molar-refractivity contribution in [1.29, 1.82) is 0 Å². The van der Waals surface area contributed by atoms with Crippen LogP contribution in [0.1, 0.15) is 18.4 Å². The van der Waals surface area contributed by atoms with E-state index in [9.17, 15) is 4.79 Å². The Morgan fingerprint density at radius 2 is 2.12 bits per heavy atom. The van der Waals surface area contributed by atoms with Crippen molar-refractivity contribution >= 4 is 5.97 Å². The van der Waals surface area contributed by atoms with Gasteiger partial charge >= 0.3 is 5.97 Å². The molecule has 2 nitrogen and oxygen atoms in total. The van der Waals surface area contributed by atoms with Crippen molar-refractivity contribution in [3.05, 3.63) is 48.0 Å². The number of carbonyl (C=O) groups excluding carboxylic acids is 1. The molecule has 0 heterocycles. The third-order valence-corrected chi connectivity index (χ3v) is 3.36. The Morgan fingerprint density at radius 1 is 1.35 bits per heavy atom. The van der Waals surface area contributed by atoms with E-state index < -0.39 is 0 Å². The maximum Gasteiger partial charge on any atom is 0.309 e. The Morgan fingerprint density at radius 3 is 2.82 bits per heavy atom. The van der Waals surface area contributed by atoms with Crippen LogP contribution in [0.5, 0.6) is 0 Å². The number of carbonyl (C=O) groups is 1. The fraction of sp³-hybridized carbons (Fsp3) is 0.400. The van der Waals surface area contributed by atoms with Gasteiger partial charge in [-0.1, -0.05) is 42.5 Å². The standard InChI is InChI=1S/C15H18O2/c1-17-15(16)14-10-6-5-9-13(14)11-12-7-3-2-4-8-12/h2-5,7-9,13-14H,6,10-11H2,1H3/t13-,14+/m1/s1. The van der Waals surface area contributed by atoms with Gasteiger partial charge in [0.1, 0.15) is 0 Å². The molecule has 1 aliphatic carbocycles. The summed E-state index contributed by atoms with van der Waals surface area (Å²) < 4.78 is 4.88. The van der Waals surface area contributed by atoms with Gasteiger partial charge in [-0.05, 0) is 30.7 Å². The zero-order chi connectivity index (χ0) is 12.1. The van der Waals surface area contributed by atoms with Crippen molar-refractivity contribution in [1.82, 2.24) is 0 Å². The highest BCUT2D eigenvalue weighted by atomic mass is 16.5. The average Bonchev–Trinajstić information content (AvgIpc) is 2.40. The maximum atomic E-state index is 11.7. The Kier molecular flexibility index (Phi) is 3.97. The van der Waals surface area contributed by atoms with E-state index in [0.29, 0.717) is 0 Å². The first-order valence-electron chi connectivity index (χ1n) is 6.09. The van der Waals surface area contributed by atoms with Gasteiger partial charge < -0.3 is 4.74 Å². The Balaban J connectivity index is 2.09. The van der Waals surface area contributed by atoms with E-state index in [1.54, 1.807) is 0 Å². The van der Waals surface area contributed by atoms with Crippen LogP contribution in [-0.2, 0) is 16.0 Å². The lowest BCUT2D eigenvalue weighted by molar-refractivity contribution is -0.147. The van der Waals surface area contributed by atoms with Crippen LogP contribution in [0.2, 0.25) is 0 Å². The summed E-state index contributed by atoms with van der Waals surface area (Å²) in [6, 6.07) is 10.3. The van der Waals surface area contributed by atoms with Crippen molar-refractivity contribution in [3.63, 3.8) is 0 Å². The minimum Gasteiger partial charge on any atom is -0.469 e. The van der Waals surface area contributed by atoms with Gasteiger partial charge in [0.15, 0.2) is 0 Å². The number of hydrogen-bond acceptors (Lipinski definition) is 2. The van der Waals surface area contributed by atoms with Gasteiger partial charge in [0.05, 0.1) is 13.0 Å². The van der Waals surface area contributed by atoms with Crippen LogP contribution >= 0.6 is 0 Å². The van der Waals surface area contributed by atoms with E-state index in [1.165, 1.54) is 12.7 Å². The number of benzene rings is 1. The molecule has 0 aliphatic heterocycles. The highest BCUT2D eigenvalue weighted by Gasteiger charge is 2.28. The molecule has 0 bridgehead atoms. The Bertz CT molecular complexity index is 395. The number of hydrogen-bond donors (Lipinski definition) is 0. The maximum absolute atomic E-state index is 11.7. The first kappa shape index (κ1) is 11.9. The van der Waals surface area contributed by atoms with Crippen LogP contribution in [0.25, 0.3) is 0 Å². The molecule has 0 saturated heterocycles. The molecule has 0 spiro atoms. The summed E-state index contributed by atoms with van der Waals surface area (Å²) in [5.74, 6) is 0.221. The zero-order valence-corrected chi connectivity index (χ0v) is 10.1. The molecule has 90 valence electrons. The summed E-state index contributed by atoms with van der Waals surface area (Å²) in [6.45, 7) is 0. The molecule has 1 aromatic carbocycles. The molecular weight excluding hydrogens is 212 g/mol. The topological polar surface area (TPSA) is 26.3 Å². The predicted octanol–water partition coefficient (Wildman–Crippen LogP) is 2.98. The summed E-state index contributed by atoms with van der Waals surface area (Å²) >= 11 is 0. The van der Waals surface area contributed by atoms with Gasteiger partial charge in [-0.2, -0.15) is 0 Å². The molecule has 0 amide bonds. The summed E-state index contributed by atoms with van der Waals surface area (Å²) in [4.78, 5) is 11.7. The van der Waals surface area contributed by atoms with Gasteiger partial charge in [0.25, 0.3) is 0 Å². The van der Waals surface area contributed by atoms with Crippen molar-refractivity contribution in [2.24, 2.45) is 11.8 Å². The molecule has 1 aromatic rings. The second-order valence-electron chi connectivity index (χ2n) is 4.49. The monoisotopic (exact) mass is 230 g/mol. The smallest absolute Gasteiger partial charge is 0.309 e. The van der Waals surface area contributed by atoms with Gasteiger partial charge in [-0.15, -0.1) is 0 Å². The molecule has 0 radical (unpaired) electrons. The Labute approximate surface area is 102 Å². The molecule has 0 saturated carbocycles. The van der Waals surface area contributed by atoms with E-state index >= 15 is 0 Å². The highest BCUT2D eigenvalue weighted by molar-refractivity contribution is 5.73. The van der Waals surface area contributed by atoms with Gasteiger partial charge in [-0.3, -0.25) is 4.79 Å². The van der Waals surface area contributed by atoms with Crippen molar-refractivity contribution in [2.75, 3.05) is 7.11 Å². The first-order chi connectivity index (χ1) is 8.31. The molecule has 1 aliphatic rings. The predicted molar refractivity (Wildman–Crippen MR) is 67.5 cm³/mol. The van der Waals surface area contributed by atoms with Crippen LogP contribution < -0.4 is 0 Å². The molecule has 2 heteroatoms. The molecule has 0 N–H and O–H groups in total. The van der Waals surface area contributed by atoms with Gasteiger partial charge in [0, 0.05) is 0 Å². The van der Waals surface area contributed by atoms with E-state index in [2.05, 4.69) is 24.3 Å². The quantitative estimate of drug-likeness (QED) is 0.589. The van der Waals surface area contributed by atoms with Crippen molar-refractivity contribution in [3.8, 4) is 0 Å². The highest BCUT2D eigenvalue weighted by Crippen LogP contribution is 2.28. The minimum atomic E-state index is -0.0738. The zero-order valence-electron chi connectivity index (χ0n) is 10.1. The number of ether oxygens (including phenoxy) is 1. The van der Waals surface area contributed by atoms with E-state index in [1.807, 2.05) is 18.2 Å². The second kappa shape index (κ2) is 5.67. The fourth-order valence-corrected chi connectivity index (χ4v) is 2.44. The number of allylic oxidation sites excluding steroid dienone is 2. The fourth-order valence-electron chi connectivity index (χ4n) is 2.44. The summed E-state index contributed by atoms with van der Waals surface area (Å²) in [5, 5.41) is 0. The van der Waals surface area contributed by atoms with Crippen LogP contribution in [0, 0.1) is 11.8 Å². The summed E-state index contributed by atoms with van der Waals surface area (Å²) in [6.07, 6.45) is 7.13. The number of rotatable bonds is 3. The molecule has 2 atom stereocenters. The van der Waals surface area contributed by atoms with Crippen LogP contribution in [0.3, 0.4) is 0 Å². The number of esters is 1. The molecule has 17 heavy (non-hydrogen) atoms. The van der Waals surface area contributed by atoms with Gasteiger partial charge in [-0.25, -0.2) is 0 Å². The molecule has 0 aromatic heterocycles. The lowest BCUT2D eigenvalue weighted by Crippen LogP contribution is -2.27. The van der Waals surface area contributed by atoms with Crippen LogP contribution in [-0.4, -0.2) is 13.1 Å². The molecule has 0 unspecified atom stereocenters. The SMILES string of the molecule is COC(=O)[C@H]1CCC=C[C@@H]1Cc1ccccc1. The second-order valence-corrected chi connectivity index (χ2v) is 4.49. The minimum absolute atomic E-state index is 0.0187. The largest absolute Gasteiger partial charge is 0.469 e. The number of methoxy groups -OCH3 is 1.